The molecule has 0 amide bonds. The summed E-state index contributed by atoms with van der Waals surface area (Å²) in [6.45, 7) is -5.69. The van der Waals surface area contributed by atoms with Gasteiger partial charge in [0.1, 0.15) is 147 Å². The van der Waals surface area contributed by atoms with Crippen molar-refractivity contribution in [3.05, 3.63) is 0 Å². The Morgan fingerprint density at radius 3 is 1.09 bits per heavy atom. The minimum absolute atomic E-state index is 0.468. The average molecular weight is 1030 g/mol. The molecule has 33 heteroatoms. The zero-order chi connectivity index (χ0) is 52.4. The maximum absolute atomic E-state index is 10.3. The first kappa shape index (κ1) is 62.0. The largest absolute Gasteiger partial charge is 0.394 e. The van der Waals surface area contributed by atoms with Gasteiger partial charge in [0.15, 0.2) is 25.2 Å². The van der Waals surface area contributed by atoms with Gasteiger partial charge in [-0.3, -0.25) is 0 Å². The number of aliphatic hydroxyl groups is 25. The van der Waals surface area contributed by atoms with Gasteiger partial charge in [0, 0.05) is 0 Å². The van der Waals surface area contributed by atoms with Crippen LogP contribution in [-0.2, 0) is 37.9 Å². The SMILES string of the molecule is OC[C@@H](O)[C@@H](O)[C@H](O)[C@H](O)CO.OC[C@H]1O[C@H](OC[C@H]2O[C@@H](O)[C@H](O)[C@@H](O)[C@@H]2O)[C@H](O)[C@@H](O)[C@H]1O.OC[C@H]1O[C@H](OC[C@H]2O[C@H](O[C@]3(CO)O[C@H](CO)[C@@H](O)[C@@H]3O)[C@H](O)[C@@H](O)[C@@H]2O)[C@H](O)[C@@H](O)[C@H]1O. The average Bonchev–Trinajstić information content (AvgIpc) is 3.59. The minimum atomic E-state index is -2.36. The van der Waals surface area contributed by atoms with Crippen LogP contribution in [0.25, 0.3) is 0 Å². The summed E-state index contributed by atoms with van der Waals surface area (Å²) in [7, 11) is 0. The Bertz CT molecular complexity index is 1430. The minimum Gasteiger partial charge on any atom is -0.394 e. The lowest BCUT2D eigenvalue weighted by atomic mass is 9.98. The van der Waals surface area contributed by atoms with Crippen molar-refractivity contribution >= 4 is 0 Å². The molecule has 0 saturated carbocycles. The summed E-state index contributed by atoms with van der Waals surface area (Å²) in [5.41, 5.74) is 0. The lowest BCUT2D eigenvalue weighted by molar-refractivity contribution is -0.388. The van der Waals surface area contributed by atoms with E-state index in [0.29, 0.717) is 0 Å². The molecule has 0 radical (unpaired) electrons. The van der Waals surface area contributed by atoms with Gasteiger partial charge in [0.25, 0.3) is 0 Å². The van der Waals surface area contributed by atoms with Crippen molar-refractivity contribution in [1.82, 2.24) is 0 Å². The quantitative estimate of drug-likeness (QED) is 0.0643. The molecule has 0 unspecified atom stereocenters. The molecule has 33 nitrogen and oxygen atoms in total. The molecule has 5 aliphatic heterocycles. The molecule has 5 fully saturated rings. The Labute approximate surface area is 389 Å². The molecule has 0 aliphatic carbocycles. The zero-order valence-corrected chi connectivity index (χ0v) is 36.2. The Hall–Kier alpha value is -1.32. The number of aliphatic hydroxyl groups excluding tert-OH is 25. The van der Waals surface area contributed by atoms with Crippen LogP contribution < -0.4 is 0 Å². The van der Waals surface area contributed by atoms with Crippen LogP contribution in [0.5, 0.6) is 0 Å². The normalized spacial score (nSPS) is 46.7. The summed E-state index contributed by atoms with van der Waals surface area (Å²) in [6, 6.07) is 0. The molecule has 25 N–H and O–H groups in total. The third kappa shape index (κ3) is 14.7. The van der Waals surface area contributed by atoms with Crippen molar-refractivity contribution in [2.24, 2.45) is 0 Å². The molecule has 5 rings (SSSR count). The molecule has 5 heterocycles. The Morgan fingerprint density at radius 1 is 0.377 bits per heavy atom. The van der Waals surface area contributed by atoms with Crippen LogP contribution in [0.3, 0.4) is 0 Å². The van der Waals surface area contributed by atoms with E-state index in [4.69, 9.17) is 73.6 Å². The number of hydrogen-bond donors (Lipinski definition) is 25. The van der Waals surface area contributed by atoms with Crippen LogP contribution >= 0.6 is 0 Å². The van der Waals surface area contributed by atoms with E-state index in [1.54, 1.807) is 0 Å². The van der Waals surface area contributed by atoms with Crippen LogP contribution in [0.2, 0.25) is 0 Å². The van der Waals surface area contributed by atoms with Gasteiger partial charge in [-0.2, -0.15) is 0 Å². The highest BCUT2D eigenvalue weighted by atomic mass is 16.8. The smallest absolute Gasteiger partial charge is 0.224 e. The fourth-order valence-corrected chi connectivity index (χ4v) is 7.15. The number of hydrogen-bond acceptors (Lipinski definition) is 33. The molecule has 0 aromatic rings. The Morgan fingerprint density at radius 2 is 0.725 bits per heavy atom. The van der Waals surface area contributed by atoms with E-state index in [9.17, 15) is 91.9 Å². The summed E-state index contributed by atoms with van der Waals surface area (Å²) >= 11 is 0. The summed E-state index contributed by atoms with van der Waals surface area (Å²) < 4.78 is 41.6. The highest BCUT2D eigenvalue weighted by molar-refractivity contribution is 4.99. The van der Waals surface area contributed by atoms with Gasteiger partial charge in [-0.15, -0.1) is 0 Å². The van der Waals surface area contributed by atoms with Gasteiger partial charge in [0.2, 0.25) is 5.79 Å². The number of ether oxygens (including phenoxy) is 8. The predicted molar refractivity (Wildman–Crippen MR) is 208 cm³/mol. The van der Waals surface area contributed by atoms with Crippen LogP contribution in [0.15, 0.2) is 0 Å². The van der Waals surface area contributed by atoms with Crippen LogP contribution in [0.1, 0.15) is 0 Å². The molecular weight excluding hydrogens is 960 g/mol. The van der Waals surface area contributed by atoms with E-state index in [1.165, 1.54) is 0 Å². The van der Waals surface area contributed by atoms with Gasteiger partial charge in [-0.05, 0) is 0 Å². The van der Waals surface area contributed by atoms with Crippen LogP contribution in [0, 0.1) is 0 Å². The van der Waals surface area contributed by atoms with Gasteiger partial charge < -0.3 is 166 Å². The van der Waals surface area contributed by atoms with E-state index < -0.39 is 224 Å². The van der Waals surface area contributed by atoms with Crippen molar-refractivity contribution in [1.29, 1.82) is 0 Å². The highest BCUT2D eigenvalue weighted by Crippen LogP contribution is 2.36. The van der Waals surface area contributed by atoms with Crippen molar-refractivity contribution in [2.45, 2.75) is 171 Å². The monoisotopic (exact) mass is 1030 g/mol. The first-order valence-corrected chi connectivity index (χ1v) is 21.1. The van der Waals surface area contributed by atoms with Gasteiger partial charge in [-0.25, -0.2) is 0 Å². The van der Waals surface area contributed by atoms with E-state index in [0.717, 1.165) is 0 Å². The van der Waals surface area contributed by atoms with Crippen molar-refractivity contribution < 1.29 is 166 Å². The maximum atomic E-state index is 10.3. The second kappa shape index (κ2) is 27.8. The highest BCUT2D eigenvalue weighted by Gasteiger charge is 2.59. The van der Waals surface area contributed by atoms with E-state index in [1.807, 2.05) is 0 Å². The molecule has 69 heavy (non-hydrogen) atoms. The van der Waals surface area contributed by atoms with Crippen molar-refractivity contribution in [3.8, 4) is 0 Å². The van der Waals surface area contributed by atoms with Crippen molar-refractivity contribution in [3.63, 3.8) is 0 Å². The second-order valence-corrected chi connectivity index (χ2v) is 16.5. The second-order valence-electron chi connectivity index (χ2n) is 16.5. The standard InChI is InChI=1S/C18H32O16.C12H22O11.C6H14O6/c19-1-5-8(22)11(25)13(27)16(31-5)30-3-7-9(23)12(26)14(28)17(32-7)34-18(4-21)15(29)10(24)6(2-20)33-18;13-1-3-5(14)8(17)10(19)12(23-3)21-2-4-6(15)7(16)9(18)11(20)22-4;7-1-3(9)5(11)6(12)4(10)2-8/h5-17,19-29H,1-4H2;3-20H,1-2H2;3-12H,1-2H2/t5-,6-,7-,8+,9-,10-,11+,12+,13-,14-,15+,16+,17-,18+;3-,4-,5+,6-,7+,8+,9-,10-,11-,12+;3-,4-,5-,6-/m111/s1. The summed E-state index contributed by atoms with van der Waals surface area (Å²) in [4.78, 5) is 0. The predicted octanol–water partition coefficient (Wildman–Crippen LogP) is -16.6. The van der Waals surface area contributed by atoms with Gasteiger partial charge in [0.05, 0.1) is 46.2 Å². The van der Waals surface area contributed by atoms with Gasteiger partial charge >= 0.3 is 0 Å². The molecule has 0 spiro atoms. The lowest BCUT2D eigenvalue weighted by Crippen LogP contribution is -2.63. The molecule has 5 aliphatic rings. The topological polar surface area (TPSA) is 580 Å². The molecule has 0 aromatic heterocycles. The Balaban J connectivity index is 0.000000309. The summed E-state index contributed by atoms with van der Waals surface area (Å²) in [5, 5.41) is 237. The van der Waals surface area contributed by atoms with Crippen molar-refractivity contribution in [2.75, 3.05) is 52.9 Å². The molecule has 5 saturated heterocycles. The first-order valence-electron chi connectivity index (χ1n) is 21.1. The summed E-state index contributed by atoms with van der Waals surface area (Å²) in [5.74, 6) is -2.36. The Kier molecular flexibility index (Phi) is 25.0. The third-order valence-corrected chi connectivity index (χ3v) is 11.6. The van der Waals surface area contributed by atoms with E-state index in [-0.39, 0.29) is 0 Å². The third-order valence-electron chi connectivity index (χ3n) is 11.6. The maximum Gasteiger partial charge on any atom is 0.224 e. The van der Waals surface area contributed by atoms with Crippen LogP contribution in [-0.4, -0.2) is 352 Å². The fourth-order valence-electron chi connectivity index (χ4n) is 7.15. The fraction of sp³-hybridized carbons (Fsp3) is 1.00. The summed E-state index contributed by atoms with van der Waals surface area (Å²) in [6.07, 6.45) is -43.5. The molecule has 0 bridgehead atoms. The zero-order valence-electron chi connectivity index (χ0n) is 36.2. The first-order chi connectivity index (χ1) is 32.3. The van der Waals surface area contributed by atoms with E-state index >= 15 is 0 Å². The van der Waals surface area contributed by atoms with E-state index in [2.05, 4.69) is 0 Å². The molecule has 0 aromatic carbocycles. The van der Waals surface area contributed by atoms with Gasteiger partial charge in [-0.1, -0.05) is 0 Å². The van der Waals surface area contributed by atoms with Crippen LogP contribution in [0.4, 0.5) is 0 Å². The number of rotatable bonds is 17. The lowest BCUT2D eigenvalue weighted by Gasteiger charge is -2.44. The molecular formula is C36H68O33. The molecule has 410 valence electrons. The molecule has 28 atom stereocenters.